The molecule has 0 saturated heterocycles. The highest BCUT2D eigenvalue weighted by molar-refractivity contribution is 6.05. The first-order chi connectivity index (χ1) is 30.7. The maximum atomic E-state index is 4.90. The standard InChI is InChI=1S/C54H36N8/c1-2-10-42-41(9-1)55-51(56-42)37-25-17-33(18-26-37)49(34-19-27-38(28-20-34)52-57-43-11-3-4-12-44(43)58-52)50(35-21-29-39(30-22-35)53-59-45-13-5-6-14-46(45)60-53)36-23-31-40(32-24-36)54-61-47-15-7-8-16-48(47)62-54/h1-32H,(H,55,56)(H,57,58)(H,59,60)(H,61,62). The molecule has 8 heteroatoms. The predicted molar refractivity (Wildman–Crippen MR) is 251 cm³/mol. The minimum absolute atomic E-state index is 0.834. The van der Waals surface area contributed by atoms with Crippen LogP contribution >= 0.6 is 0 Å². The number of benzene rings is 8. The van der Waals surface area contributed by atoms with E-state index in [1.54, 1.807) is 0 Å². The van der Waals surface area contributed by atoms with E-state index in [1.165, 1.54) is 0 Å². The molecule has 0 aliphatic carbocycles. The second kappa shape index (κ2) is 14.6. The van der Waals surface area contributed by atoms with Gasteiger partial charge in [-0.25, -0.2) is 19.9 Å². The highest BCUT2D eigenvalue weighted by atomic mass is 14.9. The van der Waals surface area contributed by atoms with Crippen LogP contribution in [0.1, 0.15) is 22.3 Å². The van der Waals surface area contributed by atoms with Crippen LogP contribution in [0.3, 0.4) is 0 Å². The van der Waals surface area contributed by atoms with Crippen LogP contribution in [0.5, 0.6) is 0 Å². The van der Waals surface area contributed by atoms with Crippen LogP contribution in [-0.4, -0.2) is 39.9 Å². The van der Waals surface area contributed by atoms with Crippen LogP contribution in [0.15, 0.2) is 194 Å². The Bertz CT molecular complexity index is 2990. The van der Waals surface area contributed by atoms with Gasteiger partial charge in [0.25, 0.3) is 0 Å². The first-order valence-corrected chi connectivity index (χ1v) is 20.6. The Labute approximate surface area is 355 Å². The van der Waals surface area contributed by atoms with E-state index in [9.17, 15) is 0 Å². The summed E-state index contributed by atoms with van der Waals surface area (Å²) in [7, 11) is 0. The summed E-state index contributed by atoms with van der Waals surface area (Å²) in [4.78, 5) is 33.6. The number of aromatic amines is 4. The lowest BCUT2D eigenvalue weighted by Crippen LogP contribution is -1.98. The molecule has 4 aromatic heterocycles. The second-order valence-electron chi connectivity index (χ2n) is 15.5. The number of hydrogen-bond acceptors (Lipinski definition) is 4. The second-order valence-corrected chi connectivity index (χ2v) is 15.5. The number of imidazole rings is 4. The summed E-state index contributed by atoms with van der Waals surface area (Å²) in [6.45, 7) is 0. The number of nitrogens with one attached hydrogen (secondary N) is 4. The van der Waals surface area contributed by atoms with Crippen molar-refractivity contribution in [3.05, 3.63) is 216 Å². The molecule has 0 aliphatic rings. The molecule has 0 unspecified atom stereocenters. The van der Waals surface area contributed by atoms with Crippen LogP contribution in [0.4, 0.5) is 0 Å². The normalized spacial score (nSPS) is 11.5. The highest BCUT2D eigenvalue weighted by Crippen LogP contribution is 2.39. The Balaban J connectivity index is 1.03. The van der Waals surface area contributed by atoms with Crippen LogP contribution in [0.25, 0.3) is 101 Å². The Kier molecular flexibility index (Phi) is 8.31. The van der Waals surface area contributed by atoms with Crippen molar-refractivity contribution in [1.82, 2.24) is 39.9 Å². The van der Waals surface area contributed by atoms with Crippen molar-refractivity contribution < 1.29 is 0 Å². The van der Waals surface area contributed by atoms with Gasteiger partial charge in [-0.15, -0.1) is 0 Å². The lowest BCUT2D eigenvalue weighted by molar-refractivity contribution is 1.33. The van der Waals surface area contributed by atoms with Gasteiger partial charge in [-0.3, -0.25) is 0 Å². The molecule has 0 aliphatic heterocycles. The topological polar surface area (TPSA) is 115 Å². The van der Waals surface area contributed by atoms with Crippen LogP contribution in [0, 0.1) is 0 Å². The maximum Gasteiger partial charge on any atom is 0.138 e. The third-order valence-corrected chi connectivity index (χ3v) is 11.6. The fourth-order valence-corrected chi connectivity index (χ4v) is 8.45. The SMILES string of the molecule is c1ccc2[nH]c(-c3ccc(C(=C(c4ccc(-c5nc6ccccc6[nH]5)cc4)c4ccc(-c5nc6ccccc6[nH]5)cc4)c4ccc(-c5nc6ccccc6[nH]5)cc4)cc3)nc2c1. The number of para-hydroxylation sites is 8. The molecule has 0 radical (unpaired) electrons. The van der Waals surface area contributed by atoms with E-state index in [0.717, 1.165) is 123 Å². The Morgan fingerprint density at radius 3 is 0.661 bits per heavy atom. The minimum atomic E-state index is 0.834. The first-order valence-electron chi connectivity index (χ1n) is 20.6. The molecule has 62 heavy (non-hydrogen) atoms. The van der Waals surface area contributed by atoms with Crippen LogP contribution in [-0.2, 0) is 0 Å². The summed E-state index contributed by atoms with van der Waals surface area (Å²) >= 11 is 0. The average molecular weight is 797 g/mol. The molecule has 4 heterocycles. The number of aromatic nitrogens is 8. The van der Waals surface area contributed by atoms with Gasteiger partial charge in [0, 0.05) is 22.3 Å². The number of fused-ring (bicyclic) bond motifs is 4. The van der Waals surface area contributed by atoms with E-state index in [4.69, 9.17) is 19.9 Å². The summed E-state index contributed by atoms with van der Waals surface area (Å²) in [5.74, 6) is 3.34. The quantitative estimate of drug-likeness (QED) is 0.115. The van der Waals surface area contributed by atoms with E-state index in [2.05, 4.69) is 141 Å². The van der Waals surface area contributed by atoms with Gasteiger partial charge in [0.1, 0.15) is 23.3 Å². The van der Waals surface area contributed by atoms with E-state index in [-0.39, 0.29) is 0 Å². The van der Waals surface area contributed by atoms with Crippen molar-refractivity contribution in [3.63, 3.8) is 0 Å². The van der Waals surface area contributed by atoms with Crippen LogP contribution in [0.2, 0.25) is 0 Å². The third kappa shape index (κ3) is 6.34. The number of rotatable bonds is 8. The molecule has 292 valence electrons. The zero-order valence-corrected chi connectivity index (χ0v) is 33.3. The third-order valence-electron chi connectivity index (χ3n) is 11.6. The zero-order chi connectivity index (χ0) is 41.0. The molecule has 4 N–H and O–H groups in total. The van der Waals surface area contributed by atoms with Gasteiger partial charge in [0.2, 0.25) is 0 Å². The molecule has 0 amide bonds. The van der Waals surface area contributed by atoms with E-state index in [0.29, 0.717) is 0 Å². The number of nitrogens with zero attached hydrogens (tertiary/aromatic N) is 4. The lowest BCUT2D eigenvalue weighted by atomic mass is 9.85. The Morgan fingerprint density at radius 1 is 0.242 bits per heavy atom. The van der Waals surface area contributed by atoms with Crippen molar-refractivity contribution in [2.45, 2.75) is 0 Å². The lowest BCUT2D eigenvalue weighted by Gasteiger charge is -2.19. The Morgan fingerprint density at radius 2 is 0.452 bits per heavy atom. The summed E-state index contributed by atoms with van der Waals surface area (Å²) in [5.41, 5.74) is 18.3. The summed E-state index contributed by atoms with van der Waals surface area (Å²) in [5, 5.41) is 0. The van der Waals surface area contributed by atoms with Gasteiger partial charge in [0.05, 0.1) is 44.1 Å². The van der Waals surface area contributed by atoms with Crippen molar-refractivity contribution in [3.8, 4) is 45.6 Å². The van der Waals surface area contributed by atoms with Gasteiger partial charge >= 0.3 is 0 Å². The van der Waals surface area contributed by atoms with Gasteiger partial charge in [-0.2, -0.15) is 0 Å². The molecule has 0 spiro atoms. The van der Waals surface area contributed by atoms with E-state index < -0.39 is 0 Å². The fourth-order valence-electron chi connectivity index (χ4n) is 8.45. The first kappa shape index (κ1) is 35.3. The smallest absolute Gasteiger partial charge is 0.138 e. The van der Waals surface area contributed by atoms with Crippen molar-refractivity contribution in [1.29, 1.82) is 0 Å². The largest absolute Gasteiger partial charge is 0.338 e. The van der Waals surface area contributed by atoms with Gasteiger partial charge in [-0.1, -0.05) is 146 Å². The predicted octanol–water partition coefficient (Wildman–Crippen LogP) is 12.9. The van der Waals surface area contributed by atoms with Gasteiger partial charge < -0.3 is 19.9 Å². The minimum Gasteiger partial charge on any atom is -0.338 e. The zero-order valence-electron chi connectivity index (χ0n) is 33.3. The molecule has 8 nitrogen and oxygen atoms in total. The van der Waals surface area contributed by atoms with Crippen molar-refractivity contribution in [2.24, 2.45) is 0 Å². The molecule has 8 aromatic carbocycles. The number of hydrogen-bond donors (Lipinski definition) is 4. The molecule has 0 bridgehead atoms. The van der Waals surface area contributed by atoms with E-state index in [1.807, 2.05) is 72.8 Å². The number of H-pyrrole nitrogens is 4. The average Bonchev–Trinajstić information content (AvgIpc) is 4.16. The van der Waals surface area contributed by atoms with Crippen LogP contribution < -0.4 is 0 Å². The maximum absolute atomic E-state index is 4.90. The summed E-state index contributed by atoms with van der Waals surface area (Å²) < 4.78 is 0. The molecule has 12 rings (SSSR count). The monoisotopic (exact) mass is 796 g/mol. The molecular formula is C54H36N8. The highest BCUT2D eigenvalue weighted by Gasteiger charge is 2.19. The van der Waals surface area contributed by atoms with Gasteiger partial charge in [-0.05, 0) is 81.9 Å². The Hall–Kier alpha value is -8.62. The van der Waals surface area contributed by atoms with Crippen molar-refractivity contribution in [2.75, 3.05) is 0 Å². The van der Waals surface area contributed by atoms with Gasteiger partial charge in [0.15, 0.2) is 0 Å². The molecule has 0 fully saturated rings. The summed E-state index contributed by atoms with van der Waals surface area (Å²) in [6.07, 6.45) is 0. The summed E-state index contributed by atoms with van der Waals surface area (Å²) in [6, 6.07) is 67.4. The molecule has 12 aromatic rings. The van der Waals surface area contributed by atoms with Crippen molar-refractivity contribution >= 4 is 55.3 Å². The molecule has 0 saturated carbocycles. The van der Waals surface area contributed by atoms with E-state index >= 15 is 0 Å². The molecular weight excluding hydrogens is 761 g/mol. The fraction of sp³-hybridized carbons (Fsp3) is 0. The molecule has 0 atom stereocenters.